The fourth-order valence-electron chi connectivity index (χ4n) is 1.95. The van der Waals surface area contributed by atoms with Crippen LogP contribution in [0.5, 0.6) is 0 Å². The van der Waals surface area contributed by atoms with E-state index in [-0.39, 0.29) is 0 Å². The van der Waals surface area contributed by atoms with Gasteiger partial charge in [-0.15, -0.1) is 5.73 Å². The molecule has 1 aromatic carbocycles. The molecule has 0 unspecified atom stereocenters. The molecule has 0 N–H and O–H groups in total. The van der Waals surface area contributed by atoms with Crippen molar-refractivity contribution in [1.29, 1.82) is 0 Å². The summed E-state index contributed by atoms with van der Waals surface area (Å²) in [6, 6.07) is 10.6. The van der Waals surface area contributed by atoms with Gasteiger partial charge in [0.1, 0.15) is 12.2 Å². The molecule has 1 aliphatic carbocycles. The summed E-state index contributed by atoms with van der Waals surface area (Å²) in [5.74, 6) is 0. The lowest BCUT2D eigenvalue weighted by Crippen LogP contribution is -2.36. The number of rotatable bonds is 3. The van der Waals surface area contributed by atoms with Crippen molar-refractivity contribution in [2.24, 2.45) is 0 Å². The molecule has 0 amide bonds. The van der Waals surface area contributed by atoms with Crippen molar-refractivity contribution in [2.75, 3.05) is 14.1 Å². The van der Waals surface area contributed by atoms with E-state index in [0.29, 0.717) is 0 Å². The highest BCUT2D eigenvalue weighted by Gasteiger charge is 2.20. The number of nitrogens with zero attached hydrogens (tertiary/aromatic N) is 1. The van der Waals surface area contributed by atoms with Crippen molar-refractivity contribution in [3.63, 3.8) is 0 Å². The third-order valence-corrected chi connectivity index (χ3v) is 2.92. The molecule has 0 radical (unpaired) electrons. The van der Waals surface area contributed by atoms with Gasteiger partial charge in [0.05, 0.1) is 14.1 Å². The Kier molecular flexibility index (Phi) is 3.43. The first-order chi connectivity index (χ1) is 8.18. The number of quaternary nitrogens is 1. The van der Waals surface area contributed by atoms with E-state index < -0.39 is 0 Å². The quantitative estimate of drug-likeness (QED) is 0.545. The molecule has 0 fully saturated rings. The molecule has 86 valence electrons. The molecule has 2 rings (SSSR count). The normalized spacial score (nSPS) is 14.6. The van der Waals surface area contributed by atoms with Gasteiger partial charge in [0, 0.05) is 11.6 Å². The highest BCUT2D eigenvalue weighted by molar-refractivity contribution is 5.25. The maximum absolute atomic E-state index is 3.17. The fraction of sp³-hybridized carbons (Fsp3) is 0.188. The van der Waals surface area contributed by atoms with Crippen LogP contribution in [0.3, 0.4) is 0 Å². The van der Waals surface area contributed by atoms with Crippen molar-refractivity contribution >= 4 is 0 Å². The molecule has 17 heavy (non-hydrogen) atoms. The van der Waals surface area contributed by atoms with Crippen LogP contribution in [0.25, 0.3) is 0 Å². The van der Waals surface area contributed by atoms with E-state index in [2.05, 4.69) is 68.4 Å². The minimum atomic E-state index is 0.829. The molecule has 0 aliphatic heterocycles. The second-order valence-electron chi connectivity index (χ2n) is 4.78. The summed E-state index contributed by atoms with van der Waals surface area (Å²) in [5.41, 5.74) is 5.78. The highest BCUT2D eigenvalue weighted by Crippen LogP contribution is 2.18. The lowest BCUT2D eigenvalue weighted by molar-refractivity contribution is -0.863. The van der Waals surface area contributed by atoms with Crippen molar-refractivity contribution in [3.05, 3.63) is 77.7 Å². The minimum Gasteiger partial charge on any atom is -0.292 e. The SMILES string of the molecule is C[N+](C)(Cc1ccccc1)C1=CC=CC=C=C1. The van der Waals surface area contributed by atoms with Crippen molar-refractivity contribution < 1.29 is 4.48 Å². The zero-order valence-corrected chi connectivity index (χ0v) is 10.4. The van der Waals surface area contributed by atoms with E-state index >= 15 is 0 Å². The van der Waals surface area contributed by atoms with Crippen LogP contribution in [0.2, 0.25) is 0 Å². The topological polar surface area (TPSA) is 0 Å². The molecule has 0 saturated carbocycles. The van der Waals surface area contributed by atoms with Gasteiger partial charge >= 0.3 is 0 Å². The zero-order chi connectivity index (χ0) is 12.1. The number of likely N-dealkylation sites (N-methyl/N-ethyl adjacent to an activating group) is 1. The van der Waals surface area contributed by atoms with Gasteiger partial charge in [-0.1, -0.05) is 42.5 Å². The van der Waals surface area contributed by atoms with Gasteiger partial charge in [-0.3, -0.25) is 4.48 Å². The van der Waals surface area contributed by atoms with Crippen molar-refractivity contribution in [3.8, 4) is 0 Å². The van der Waals surface area contributed by atoms with Crippen LogP contribution in [0.1, 0.15) is 5.56 Å². The molecule has 0 saturated heterocycles. The van der Waals surface area contributed by atoms with Crippen LogP contribution in [-0.4, -0.2) is 18.6 Å². The summed E-state index contributed by atoms with van der Waals surface area (Å²) in [6.45, 7) is 0.985. The monoisotopic (exact) mass is 224 g/mol. The van der Waals surface area contributed by atoms with Crippen LogP contribution in [-0.2, 0) is 6.54 Å². The second kappa shape index (κ2) is 5.01. The first-order valence-electron chi connectivity index (χ1n) is 5.85. The molecule has 0 spiro atoms. The molecule has 1 heteroatoms. The Labute approximate surface area is 103 Å². The number of benzene rings is 1. The van der Waals surface area contributed by atoms with Gasteiger partial charge in [-0.05, 0) is 12.2 Å². The molecule has 1 nitrogen and oxygen atoms in total. The highest BCUT2D eigenvalue weighted by atomic mass is 15.3. The molecular formula is C16H18N+. The predicted octanol–water partition coefficient (Wildman–Crippen LogP) is 3.43. The summed E-state index contributed by atoms with van der Waals surface area (Å²) in [4.78, 5) is 0. The van der Waals surface area contributed by atoms with Gasteiger partial charge in [-0.2, -0.15) is 0 Å². The van der Waals surface area contributed by atoms with Gasteiger partial charge in [0.25, 0.3) is 0 Å². The number of hydrogen-bond acceptors (Lipinski definition) is 0. The fourth-order valence-corrected chi connectivity index (χ4v) is 1.95. The average Bonchev–Trinajstić information content (AvgIpc) is 2.58. The molecule has 0 atom stereocenters. The van der Waals surface area contributed by atoms with E-state index in [0.717, 1.165) is 11.0 Å². The van der Waals surface area contributed by atoms with Gasteiger partial charge in [0.2, 0.25) is 0 Å². The first kappa shape index (κ1) is 11.7. The Morgan fingerprint density at radius 3 is 2.59 bits per heavy atom. The van der Waals surface area contributed by atoms with Crippen LogP contribution in [0.15, 0.2) is 72.1 Å². The Hall–Kier alpha value is -1.82. The Balaban J connectivity index is 2.22. The lowest BCUT2D eigenvalue weighted by Gasteiger charge is -2.29. The summed E-state index contributed by atoms with van der Waals surface area (Å²) < 4.78 is 0.829. The molecule has 1 aromatic rings. The average molecular weight is 224 g/mol. The van der Waals surface area contributed by atoms with E-state index in [1.165, 1.54) is 11.3 Å². The van der Waals surface area contributed by atoms with Crippen LogP contribution in [0, 0.1) is 0 Å². The lowest BCUT2D eigenvalue weighted by atomic mass is 10.2. The van der Waals surface area contributed by atoms with Gasteiger partial charge in [0.15, 0.2) is 0 Å². The third kappa shape index (κ3) is 3.07. The summed E-state index contributed by atoms with van der Waals surface area (Å²) in [7, 11) is 4.44. The first-order valence-corrected chi connectivity index (χ1v) is 5.85. The number of allylic oxidation sites excluding steroid dienone is 4. The van der Waals surface area contributed by atoms with Crippen LogP contribution >= 0.6 is 0 Å². The number of hydrogen-bond donors (Lipinski definition) is 0. The maximum atomic E-state index is 3.17. The maximum Gasteiger partial charge on any atom is 0.140 e. The van der Waals surface area contributed by atoms with Crippen LogP contribution < -0.4 is 0 Å². The largest absolute Gasteiger partial charge is 0.292 e. The van der Waals surface area contributed by atoms with Crippen molar-refractivity contribution in [2.45, 2.75) is 6.54 Å². The van der Waals surface area contributed by atoms with E-state index in [1.54, 1.807) is 0 Å². The molecular weight excluding hydrogens is 206 g/mol. The summed E-state index contributed by atoms with van der Waals surface area (Å²) in [5, 5.41) is 0. The Morgan fingerprint density at radius 2 is 1.82 bits per heavy atom. The molecule has 0 aromatic heterocycles. The second-order valence-corrected chi connectivity index (χ2v) is 4.78. The van der Waals surface area contributed by atoms with E-state index in [9.17, 15) is 0 Å². The summed E-state index contributed by atoms with van der Waals surface area (Å²) in [6.07, 6.45) is 10.2. The van der Waals surface area contributed by atoms with Crippen molar-refractivity contribution in [1.82, 2.24) is 0 Å². The van der Waals surface area contributed by atoms with E-state index in [4.69, 9.17) is 0 Å². The molecule has 0 bridgehead atoms. The predicted molar refractivity (Wildman–Crippen MR) is 72.1 cm³/mol. The third-order valence-electron chi connectivity index (χ3n) is 2.92. The van der Waals surface area contributed by atoms with Gasteiger partial charge < -0.3 is 0 Å². The minimum absolute atomic E-state index is 0.829. The molecule has 1 aliphatic rings. The molecule has 0 heterocycles. The van der Waals surface area contributed by atoms with E-state index in [1.807, 2.05) is 12.2 Å². The zero-order valence-electron chi connectivity index (χ0n) is 10.4. The Morgan fingerprint density at radius 1 is 1.06 bits per heavy atom. The van der Waals surface area contributed by atoms with Gasteiger partial charge in [-0.25, -0.2) is 0 Å². The van der Waals surface area contributed by atoms with Crippen LogP contribution in [0.4, 0.5) is 0 Å². The standard InChI is InChI=1S/C16H18N/c1-17(2,14-15-10-6-5-7-11-15)16-12-8-3-4-9-13-16/h3-8,10-13H,14H2,1-2H3/q+1. The smallest absolute Gasteiger partial charge is 0.140 e. The Bertz CT molecular complexity index is 498. The summed E-state index contributed by atoms with van der Waals surface area (Å²) >= 11 is 0.